The zero-order chi connectivity index (χ0) is 78.3. The van der Waals surface area contributed by atoms with Crippen LogP contribution < -0.4 is 65.1 Å². The fraction of sp³-hybridized carbons (Fsp3) is 0.529. The molecule has 38 heteroatoms. The predicted molar refractivity (Wildman–Crippen MR) is 388 cm³/mol. The standard InChI is InChI=1S/C68H99N19O18S/c1-39(2)26-49(65(102)79-48(61(71)98)16-25-106-6)81-66(103)51(29-45-30-72-38-75-45)78-55(90)32-74-67(104)60(40(3)4)82-62(99)41(5)76-64(101)50(28-43-33-87(52-13-8-7-12-46(43)52)68(105)47(69)14-15-53(70)88)80-63(100)42-10-9-11-44(27-42)77-54(89)31-73-56(91)34-83-17-19-84(35-57(92)93)21-23-86(37-59(96)97)24-22-85(20-18-83)36-58(94)95/h7-13,27,30,33,38-41,47-51,60H,14-26,28-29,31-32,34-37,69H2,1-6H3,(H2,70,88)(H2,71,98)(H,72,75)(H,73,91)(H,74,104)(H,76,101)(H,77,89)(H,78,90)(H,79,102)(H,80,100)(H,81,103)(H,82,99)(H,92,93)(H,94,95)(H,96,97)/t41-,47-,48-,49-,50-,51-,60-/m0/s1. The Bertz CT molecular complexity index is 3710. The van der Waals surface area contributed by atoms with E-state index in [0.717, 1.165) is 0 Å². The van der Waals surface area contributed by atoms with Gasteiger partial charge in [-0.25, -0.2) is 4.98 Å². The van der Waals surface area contributed by atoms with E-state index in [1.807, 2.05) is 20.1 Å². The number of anilines is 1. The quantitative estimate of drug-likeness (QED) is 0.0203. The van der Waals surface area contributed by atoms with Crippen LogP contribution in [0.15, 0.2) is 67.3 Å². The number of carboxylic acid groups (broad SMARTS) is 3. The number of para-hydroxylation sites is 1. The van der Waals surface area contributed by atoms with Crippen LogP contribution in [0.5, 0.6) is 0 Å². The van der Waals surface area contributed by atoms with E-state index in [-0.39, 0.29) is 134 Å². The van der Waals surface area contributed by atoms with Crippen LogP contribution in [0, 0.1) is 11.8 Å². The average molecular weight is 1500 g/mol. The number of carbonyl (C=O) groups excluding carboxylic acids is 12. The summed E-state index contributed by atoms with van der Waals surface area (Å²) in [5.74, 6) is -12.9. The number of nitrogens with two attached hydrogens (primary N) is 3. The molecule has 0 aliphatic carbocycles. The van der Waals surface area contributed by atoms with Gasteiger partial charge >= 0.3 is 17.9 Å². The zero-order valence-corrected chi connectivity index (χ0v) is 61.0. The van der Waals surface area contributed by atoms with E-state index in [1.54, 1.807) is 57.7 Å². The highest BCUT2D eigenvalue weighted by Gasteiger charge is 2.34. The Morgan fingerprint density at radius 1 is 0.585 bits per heavy atom. The third-order valence-corrected chi connectivity index (χ3v) is 17.6. The summed E-state index contributed by atoms with van der Waals surface area (Å²) in [5, 5.41) is 52.6. The first-order valence-corrected chi connectivity index (χ1v) is 35.8. The molecule has 0 bridgehead atoms. The molecule has 4 aromatic rings. The number of nitrogens with zero attached hydrogens (tertiary/aromatic N) is 6. The first-order chi connectivity index (χ1) is 50.2. The van der Waals surface area contributed by atoms with Crippen LogP contribution in [0.4, 0.5) is 5.69 Å². The van der Waals surface area contributed by atoms with Gasteiger partial charge in [-0.05, 0) is 79.9 Å². The summed E-state index contributed by atoms with van der Waals surface area (Å²) >= 11 is 1.45. The summed E-state index contributed by atoms with van der Waals surface area (Å²) in [6.45, 7) is 6.67. The molecule has 11 amide bonds. The molecule has 2 aromatic heterocycles. The van der Waals surface area contributed by atoms with Crippen molar-refractivity contribution in [1.29, 1.82) is 0 Å². The van der Waals surface area contributed by atoms with Gasteiger partial charge in [0.1, 0.15) is 36.3 Å². The van der Waals surface area contributed by atoms with Gasteiger partial charge in [0.2, 0.25) is 65.0 Å². The maximum Gasteiger partial charge on any atom is 0.317 e. The first-order valence-electron chi connectivity index (χ1n) is 34.4. The number of amides is 11. The van der Waals surface area contributed by atoms with Gasteiger partial charge in [0, 0.05) is 106 Å². The van der Waals surface area contributed by atoms with Crippen molar-refractivity contribution in [2.45, 2.75) is 115 Å². The van der Waals surface area contributed by atoms with E-state index in [2.05, 4.69) is 57.8 Å². The summed E-state index contributed by atoms with van der Waals surface area (Å²) in [6, 6.07) is 3.10. The number of aromatic amines is 1. The summed E-state index contributed by atoms with van der Waals surface area (Å²) in [4.78, 5) is 211. The Kier molecular flexibility index (Phi) is 35.1. The highest BCUT2D eigenvalue weighted by Crippen LogP contribution is 2.24. The molecule has 1 fully saturated rings. The van der Waals surface area contributed by atoms with Crippen molar-refractivity contribution >= 4 is 117 Å². The van der Waals surface area contributed by atoms with E-state index < -0.39 is 150 Å². The second-order valence-electron chi connectivity index (χ2n) is 26.4. The van der Waals surface area contributed by atoms with Crippen LogP contribution in [0.3, 0.4) is 0 Å². The minimum absolute atomic E-state index is 0.0734. The van der Waals surface area contributed by atoms with Gasteiger partial charge in [0.25, 0.3) is 5.91 Å². The van der Waals surface area contributed by atoms with Crippen LogP contribution in [0.2, 0.25) is 0 Å². The van der Waals surface area contributed by atoms with Crippen LogP contribution in [-0.4, -0.2) is 284 Å². The molecule has 0 saturated carbocycles. The third-order valence-electron chi connectivity index (χ3n) is 17.0. The van der Waals surface area contributed by atoms with Crippen LogP contribution >= 0.6 is 11.8 Å². The number of carboxylic acids is 3. The molecule has 0 radical (unpaired) electrons. The summed E-state index contributed by atoms with van der Waals surface area (Å²) < 4.78 is 1.25. The molecule has 7 atom stereocenters. The largest absolute Gasteiger partial charge is 0.480 e. The molecular weight excluding hydrogens is 1400 g/mol. The van der Waals surface area contributed by atoms with Crippen LogP contribution in [0.25, 0.3) is 10.9 Å². The van der Waals surface area contributed by atoms with E-state index in [9.17, 15) is 87.2 Å². The normalized spacial score (nSPS) is 15.5. The van der Waals surface area contributed by atoms with E-state index >= 15 is 0 Å². The Balaban J connectivity index is 1.30. The van der Waals surface area contributed by atoms with Crippen LogP contribution in [-0.2, 0) is 75.2 Å². The third kappa shape index (κ3) is 29.6. The number of benzene rings is 2. The molecule has 106 heavy (non-hydrogen) atoms. The number of carbonyl (C=O) groups is 15. The molecule has 0 spiro atoms. The highest BCUT2D eigenvalue weighted by atomic mass is 32.2. The maximum atomic E-state index is 14.7. The van der Waals surface area contributed by atoms with Gasteiger partial charge in [-0.3, -0.25) is 96.1 Å². The minimum Gasteiger partial charge on any atom is -0.480 e. The average Bonchev–Trinajstić information content (AvgIpc) is 1.63. The lowest BCUT2D eigenvalue weighted by atomic mass is 10.0. The van der Waals surface area contributed by atoms with Gasteiger partial charge in [0.05, 0.1) is 57.2 Å². The number of aliphatic carboxylic acids is 3. The van der Waals surface area contributed by atoms with Gasteiger partial charge in [0.15, 0.2) is 0 Å². The number of thioether (sulfide) groups is 1. The maximum absolute atomic E-state index is 14.7. The van der Waals surface area contributed by atoms with Gasteiger partial charge in [-0.2, -0.15) is 11.8 Å². The van der Waals surface area contributed by atoms with Crippen molar-refractivity contribution in [2.24, 2.45) is 29.0 Å². The second-order valence-corrected chi connectivity index (χ2v) is 27.4. The number of imidazole rings is 1. The molecule has 5 rings (SSSR count). The van der Waals surface area contributed by atoms with Crippen molar-refractivity contribution in [3.63, 3.8) is 0 Å². The zero-order valence-electron chi connectivity index (χ0n) is 60.2. The smallest absolute Gasteiger partial charge is 0.317 e. The van der Waals surface area contributed by atoms with Crippen molar-refractivity contribution in [3.8, 4) is 0 Å². The number of hydrogen-bond acceptors (Lipinski definition) is 22. The molecule has 580 valence electrons. The highest BCUT2D eigenvalue weighted by molar-refractivity contribution is 7.98. The molecule has 1 saturated heterocycles. The molecule has 3 heterocycles. The van der Waals surface area contributed by atoms with Crippen molar-refractivity contribution in [1.82, 2.24) is 76.7 Å². The van der Waals surface area contributed by atoms with Gasteiger partial charge < -0.3 is 85.4 Å². The van der Waals surface area contributed by atoms with E-state index in [1.165, 1.54) is 66.2 Å². The second kappa shape index (κ2) is 43.1. The Hall–Kier alpha value is -10.4. The molecular formula is C68H99N19O18S. The van der Waals surface area contributed by atoms with E-state index in [4.69, 9.17) is 17.2 Å². The Morgan fingerprint density at radius 2 is 1.14 bits per heavy atom. The summed E-state index contributed by atoms with van der Waals surface area (Å²) in [5.41, 5.74) is 18.2. The fourth-order valence-corrected chi connectivity index (χ4v) is 11.8. The molecule has 37 nitrogen and oxygen atoms in total. The predicted octanol–water partition coefficient (Wildman–Crippen LogP) is -3.79. The summed E-state index contributed by atoms with van der Waals surface area (Å²) in [6.07, 6.45) is 5.66. The molecule has 1 aliphatic rings. The number of aromatic nitrogens is 3. The SMILES string of the molecule is CSCC[C@H](NC(=O)[C@H](CC(C)C)NC(=O)[C@H](Cc1cnc[nH]1)NC(=O)CNC(=O)[C@@H](NC(=O)[C@H](C)NC(=O)[C@H](Cc1cn(C(=O)[C@@H](N)CCC(N)=O)c2ccccc12)NC(=O)c1cccc(NC(=O)CNC(=O)CN2CCN(CC(=O)O)CCN(CC(=O)O)CCN(CC(=O)O)CC2)c1)C(C)C)C(N)=O. The molecule has 19 N–H and O–H groups in total. The lowest BCUT2D eigenvalue weighted by molar-refractivity contribution is -0.140. The van der Waals surface area contributed by atoms with Gasteiger partial charge in [-0.15, -0.1) is 0 Å². The topological polar surface area (TPSA) is 550 Å². The number of fused-ring (bicyclic) bond motifs is 1. The number of rotatable bonds is 40. The molecule has 1 aliphatic heterocycles. The lowest BCUT2D eigenvalue weighted by Crippen LogP contribution is -2.59. The number of hydrogen-bond donors (Lipinski definition) is 16. The summed E-state index contributed by atoms with van der Waals surface area (Å²) in [7, 11) is 0. The minimum atomic E-state index is -1.55. The van der Waals surface area contributed by atoms with E-state index in [0.29, 0.717) is 27.9 Å². The number of nitrogens with one attached hydrogen (secondary N) is 10. The van der Waals surface area contributed by atoms with Crippen molar-refractivity contribution < 1.29 is 87.2 Å². The monoisotopic (exact) mass is 1500 g/mol. The lowest BCUT2D eigenvalue weighted by Gasteiger charge is -2.32. The van der Waals surface area contributed by atoms with Crippen LogP contribution in [0.1, 0.15) is 86.7 Å². The Labute approximate surface area is 616 Å². The Morgan fingerprint density at radius 3 is 1.69 bits per heavy atom. The first kappa shape index (κ1) is 86.2. The van der Waals surface area contributed by atoms with Crippen molar-refractivity contribution in [3.05, 3.63) is 84.1 Å². The number of primary amides is 2. The fourth-order valence-electron chi connectivity index (χ4n) is 11.3. The number of H-pyrrole nitrogens is 1. The van der Waals surface area contributed by atoms with Crippen molar-refractivity contribution in [2.75, 3.05) is 109 Å². The van der Waals surface area contributed by atoms with Gasteiger partial charge in [-0.1, -0.05) is 52.0 Å². The molecule has 0 unspecified atom stereocenters. The molecule has 2 aromatic carbocycles.